The summed E-state index contributed by atoms with van der Waals surface area (Å²) in [5.41, 5.74) is 17.2. The number of carboxylic acid groups (broad SMARTS) is 1. The van der Waals surface area contributed by atoms with Gasteiger partial charge in [0.2, 0.25) is 0 Å². The van der Waals surface area contributed by atoms with Crippen LogP contribution >= 0.6 is 0 Å². The van der Waals surface area contributed by atoms with Gasteiger partial charge in [-0.05, 0) is 116 Å². The van der Waals surface area contributed by atoms with Crippen molar-refractivity contribution in [3.05, 3.63) is 95.1 Å². The van der Waals surface area contributed by atoms with Crippen molar-refractivity contribution in [1.29, 1.82) is 0 Å². The van der Waals surface area contributed by atoms with Gasteiger partial charge < -0.3 is 20.6 Å². The summed E-state index contributed by atoms with van der Waals surface area (Å²) >= 11 is 0. The van der Waals surface area contributed by atoms with Gasteiger partial charge in [-0.2, -0.15) is 0 Å². The normalized spacial score (nSPS) is 18.7. The minimum Gasteiger partial charge on any atom is -0.483 e. The summed E-state index contributed by atoms with van der Waals surface area (Å²) in [6.07, 6.45) is 7.38. The number of hydrogen-bond donors (Lipinski definition) is 2. The molecular weight excluding hydrogens is 482 g/mol. The van der Waals surface area contributed by atoms with Crippen LogP contribution in [0.3, 0.4) is 0 Å². The van der Waals surface area contributed by atoms with Crippen molar-refractivity contribution >= 4 is 29.0 Å². The third kappa shape index (κ3) is 5.89. The molecule has 3 aromatic carbocycles. The molecule has 2 aliphatic heterocycles. The number of rotatable bonds is 4. The Morgan fingerprint density at radius 2 is 1.64 bits per heavy atom. The number of likely N-dealkylation sites (tertiary alicyclic amines) is 1. The molecule has 0 aromatic heterocycles. The van der Waals surface area contributed by atoms with Crippen LogP contribution in [-0.2, 0) is 11.2 Å². The monoisotopic (exact) mass is 523 g/mol. The van der Waals surface area contributed by atoms with Crippen molar-refractivity contribution in [3.8, 4) is 0 Å². The number of nitrogen functional groups attached to an aromatic ring is 1. The standard InChI is InChI=1S/C33H39N3.CH2O2/c1-2-35-20-7-18-33(19-21-35)23-36(24-33)29-15-12-26(13-16-29)32-30(25-8-4-3-5-9-25)11-6-10-27-22-28(34)14-17-31(27)32;2-1-3/h3-5,8-9,12-17,22H,2,6-7,10-11,18-21,23-24,34H2,1H3;1H,(H,2,3). The molecule has 6 rings (SSSR count). The van der Waals surface area contributed by atoms with Crippen LogP contribution in [0.15, 0.2) is 72.8 Å². The highest BCUT2D eigenvalue weighted by atomic mass is 16.3. The number of nitrogens with zero attached hydrogens (tertiary/aromatic N) is 2. The van der Waals surface area contributed by atoms with E-state index in [9.17, 15) is 0 Å². The highest BCUT2D eigenvalue weighted by Gasteiger charge is 2.43. The molecule has 3 aromatic rings. The molecule has 5 heteroatoms. The third-order valence-corrected chi connectivity index (χ3v) is 8.86. The van der Waals surface area contributed by atoms with Gasteiger partial charge >= 0.3 is 0 Å². The fourth-order valence-corrected chi connectivity index (χ4v) is 6.79. The van der Waals surface area contributed by atoms with E-state index in [0.717, 1.165) is 24.9 Å². The molecule has 3 N–H and O–H groups in total. The molecule has 39 heavy (non-hydrogen) atoms. The Morgan fingerprint density at radius 3 is 2.36 bits per heavy atom. The van der Waals surface area contributed by atoms with Crippen molar-refractivity contribution in [3.63, 3.8) is 0 Å². The van der Waals surface area contributed by atoms with Crippen LogP contribution in [-0.4, -0.2) is 49.2 Å². The van der Waals surface area contributed by atoms with Gasteiger partial charge in [0.25, 0.3) is 6.47 Å². The van der Waals surface area contributed by atoms with E-state index in [2.05, 4.69) is 89.5 Å². The largest absolute Gasteiger partial charge is 0.483 e. The van der Waals surface area contributed by atoms with Crippen molar-refractivity contribution < 1.29 is 9.90 Å². The third-order valence-electron chi connectivity index (χ3n) is 8.86. The maximum Gasteiger partial charge on any atom is 0.290 e. The second-order valence-electron chi connectivity index (χ2n) is 11.3. The molecule has 1 aliphatic carbocycles. The van der Waals surface area contributed by atoms with Gasteiger partial charge in [0, 0.05) is 29.9 Å². The first-order valence-electron chi connectivity index (χ1n) is 14.4. The van der Waals surface area contributed by atoms with Gasteiger partial charge in [-0.1, -0.05) is 55.5 Å². The van der Waals surface area contributed by atoms with E-state index >= 15 is 0 Å². The number of nitrogens with two attached hydrogens (primary N) is 1. The van der Waals surface area contributed by atoms with E-state index in [4.69, 9.17) is 15.6 Å². The van der Waals surface area contributed by atoms with Crippen LogP contribution in [0, 0.1) is 5.41 Å². The first-order valence-corrected chi connectivity index (χ1v) is 14.4. The maximum atomic E-state index is 8.36. The lowest BCUT2D eigenvalue weighted by Gasteiger charge is -2.51. The molecule has 0 saturated carbocycles. The minimum atomic E-state index is -0.250. The van der Waals surface area contributed by atoms with Gasteiger partial charge in [-0.25, -0.2) is 0 Å². The Balaban J connectivity index is 0.000000983. The zero-order valence-corrected chi connectivity index (χ0v) is 23.1. The molecular formula is C34H41N3O2. The van der Waals surface area contributed by atoms with E-state index in [-0.39, 0.29) is 6.47 Å². The Labute approximate surface area is 232 Å². The van der Waals surface area contributed by atoms with Crippen LogP contribution in [0.25, 0.3) is 11.1 Å². The SMILES string of the molecule is CCN1CCCC2(CC1)CN(c1ccc(C3=C(c4ccccc4)CCCc4cc(N)ccc43)cc1)C2.O=CO. The highest BCUT2D eigenvalue weighted by molar-refractivity contribution is 6.00. The topological polar surface area (TPSA) is 69.8 Å². The summed E-state index contributed by atoms with van der Waals surface area (Å²) in [5.74, 6) is 0. The molecule has 3 aliphatic rings. The molecule has 204 valence electrons. The van der Waals surface area contributed by atoms with E-state index in [1.54, 1.807) is 0 Å². The molecule has 0 amide bonds. The lowest BCUT2D eigenvalue weighted by molar-refractivity contribution is -0.122. The smallest absolute Gasteiger partial charge is 0.290 e. The average Bonchev–Trinajstić information content (AvgIpc) is 3.27. The molecule has 0 atom stereocenters. The number of hydrogen-bond acceptors (Lipinski definition) is 4. The van der Waals surface area contributed by atoms with Gasteiger partial charge in [0.05, 0.1) is 0 Å². The van der Waals surface area contributed by atoms with E-state index < -0.39 is 0 Å². The highest BCUT2D eigenvalue weighted by Crippen LogP contribution is 2.44. The van der Waals surface area contributed by atoms with E-state index in [0.29, 0.717) is 5.41 Å². The molecule has 1 spiro atoms. The molecule has 0 bridgehead atoms. The molecule has 5 nitrogen and oxygen atoms in total. The Kier molecular flexibility index (Phi) is 8.37. The molecule has 2 fully saturated rings. The first-order chi connectivity index (χ1) is 19.1. The predicted molar refractivity (Wildman–Crippen MR) is 162 cm³/mol. The number of benzene rings is 3. The minimum absolute atomic E-state index is 0.250. The van der Waals surface area contributed by atoms with Gasteiger partial charge in [-0.3, -0.25) is 4.79 Å². The molecule has 0 unspecified atom stereocenters. The zero-order chi connectivity index (χ0) is 27.2. The van der Waals surface area contributed by atoms with Gasteiger partial charge in [-0.15, -0.1) is 0 Å². The second-order valence-corrected chi connectivity index (χ2v) is 11.3. The van der Waals surface area contributed by atoms with Crippen molar-refractivity contribution in [2.75, 3.05) is 43.4 Å². The van der Waals surface area contributed by atoms with Crippen molar-refractivity contribution in [2.45, 2.75) is 45.4 Å². The summed E-state index contributed by atoms with van der Waals surface area (Å²) in [6, 6.07) is 26.9. The fraction of sp³-hybridized carbons (Fsp3) is 0.382. The predicted octanol–water partition coefficient (Wildman–Crippen LogP) is 6.58. The summed E-state index contributed by atoms with van der Waals surface area (Å²) in [4.78, 5) is 13.6. The number of anilines is 2. The first kappa shape index (κ1) is 27.0. The number of allylic oxidation sites excluding steroid dienone is 1. The quantitative estimate of drug-likeness (QED) is 0.299. The van der Waals surface area contributed by atoms with Gasteiger partial charge in [0.15, 0.2) is 0 Å². The van der Waals surface area contributed by atoms with Gasteiger partial charge in [0.1, 0.15) is 0 Å². The number of aryl methyl sites for hydroxylation is 1. The van der Waals surface area contributed by atoms with Crippen LogP contribution in [0.4, 0.5) is 11.4 Å². The van der Waals surface area contributed by atoms with E-state index in [1.807, 2.05) is 0 Å². The number of carbonyl (C=O) groups is 1. The molecule has 2 heterocycles. The Hall–Kier alpha value is -3.57. The number of fused-ring (bicyclic) bond motifs is 1. The van der Waals surface area contributed by atoms with Crippen LogP contribution in [0.5, 0.6) is 0 Å². The lowest BCUT2D eigenvalue weighted by Crippen LogP contribution is -2.56. The Morgan fingerprint density at radius 1 is 0.897 bits per heavy atom. The second kappa shape index (κ2) is 12.1. The average molecular weight is 524 g/mol. The molecule has 2 saturated heterocycles. The zero-order valence-electron chi connectivity index (χ0n) is 23.1. The van der Waals surface area contributed by atoms with Crippen molar-refractivity contribution in [1.82, 2.24) is 4.90 Å². The fourth-order valence-electron chi connectivity index (χ4n) is 6.79. The summed E-state index contributed by atoms with van der Waals surface area (Å²) in [5, 5.41) is 6.89. The Bertz CT molecular complexity index is 1290. The molecule has 0 radical (unpaired) electrons. The van der Waals surface area contributed by atoms with Crippen LogP contribution < -0.4 is 10.6 Å². The van der Waals surface area contributed by atoms with Crippen LogP contribution in [0.1, 0.15) is 61.3 Å². The van der Waals surface area contributed by atoms with E-state index in [1.165, 1.54) is 91.1 Å². The lowest BCUT2D eigenvalue weighted by atomic mass is 9.73. The van der Waals surface area contributed by atoms with Crippen molar-refractivity contribution in [2.24, 2.45) is 5.41 Å². The summed E-state index contributed by atoms with van der Waals surface area (Å²) in [7, 11) is 0. The maximum absolute atomic E-state index is 8.36. The summed E-state index contributed by atoms with van der Waals surface area (Å²) in [6.45, 7) is 8.21. The van der Waals surface area contributed by atoms with Crippen LogP contribution in [0.2, 0.25) is 0 Å². The summed E-state index contributed by atoms with van der Waals surface area (Å²) < 4.78 is 0.